The number of fused-ring (bicyclic) bond motifs is 1. The summed E-state index contributed by atoms with van der Waals surface area (Å²) in [6.45, 7) is 3.44. The Balaban J connectivity index is 1.68. The third-order valence-electron chi connectivity index (χ3n) is 4.15. The van der Waals surface area contributed by atoms with Crippen LogP contribution in [0.1, 0.15) is 12.0 Å². The zero-order chi connectivity index (χ0) is 14.2. The smallest absolute Gasteiger partial charge is 0.240 e. The van der Waals surface area contributed by atoms with Crippen LogP contribution in [0.15, 0.2) is 23.1 Å². The third kappa shape index (κ3) is 2.82. The number of hydrogen-bond donors (Lipinski definition) is 2. The summed E-state index contributed by atoms with van der Waals surface area (Å²) >= 11 is 0. The van der Waals surface area contributed by atoms with Crippen molar-refractivity contribution in [2.24, 2.45) is 5.92 Å². The number of benzene rings is 1. The maximum Gasteiger partial charge on any atom is 0.240 e. The summed E-state index contributed by atoms with van der Waals surface area (Å²) in [5, 5.41) is 3.24. The van der Waals surface area contributed by atoms with Gasteiger partial charge in [0.25, 0.3) is 0 Å². The molecule has 1 aromatic carbocycles. The minimum Gasteiger partial charge on any atom is -0.384 e. The third-order valence-corrected chi connectivity index (χ3v) is 5.57. The second-order valence-electron chi connectivity index (χ2n) is 5.76. The van der Waals surface area contributed by atoms with E-state index in [2.05, 4.69) is 22.0 Å². The van der Waals surface area contributed by atoms with E-state index in [1.54, 1.807) is 12.1 Å². The van der Waals surface area contributed by atoms with Crippen molar-refractivity contribution in [3.8, 4) is 0 Å². The van der Waals surface area contributed by atoms with Crippen molar-refractivity contribution >= 4 is 15.7 Å². The molecule has 6 heteroatoms. The average molecular weight is 295 g/mol. The predicted molar refractivity (Wildman–Crippen MR) is 79.4 cm³/mol. The van der Waals surface area contributed by atoms with E-state index in [0.29, 0.717) is 17.4 Å². The molecule has 1 fully saturated rings. The fourth-order valence-electron chi connectivity index (χ4n) is 2.95. The van der Waals surface area contributed by atoms with Crippen LogP contribution in [0.3, 0.4) is 0 Å². The number of rotatable bonds is 4. The van der Waals surface area contributed by atoms with Gasteiger partial charge in [-0.1, -0.05) is 0 Å². The Morgan fingerprint density at radius 3 is 3.05 bits per heavy atom. The second-order valence-corrected chi connectivity index (χ2v) is 7.53. The number of nitrogens with one attached hydrogen (secondary N) is 2. The van der Waals surface area contributed by atoms with Crippen molar-refractivity contribution in [1.29, 1.82) is 0 Å². The topological polar surface area (TPSA) is 61.4 Å². The normalized spacial score (nSPS) is 22.8. The molecule has 110 valence electrons. The van der Waals surface area contributed by atoms with Crippen molar-refractivity contribution in [2.45, 2.75) is 17.7 Å². The number of anilines is 1. The van der Waals surface area contributed by atoms with Crippen LogP contribution >= 0.6 is 0 Å². The van der Waals surface area contributed by atoms with Gasteiger partial charge in [-0.2, -0.15) is 0 Å². The lowest BCUT2D eigenvalue weighted by Gasteiger charge is -2.12. The summed E-state index contributed by atoms with van der Waals surface area (Å²) in [7, 11) is -1.31. The van der Waals surface area contributed by atoms with Crippen molar-refractivity contribution in [3.05, 3.63) is 23.8 Å². The van der Waals surface area contributed by atoms with Crippen molar-refractivity contribution < 1.29 is 8.42 Å². The fraction of sp³-hybridized carbons (Fsp3) is 0.571. The molecule has 3 rings (SSSR count). The van der Waals surface area contributed by atoms with Crippen LogP contribution in [0, 0.1) is 5.92 Å². The molecule has 0 radical (unpaired) electrons. The Morgan fingerprint density at radius 2 is 2.30 bits per heavy atom. The Bertz CT molecular complexity index is 600. The lowest BCUT2D eigenvalue weighted by Crippen LogP contribution is -2.30. The highest BCUT2D eigenvalue weighted by molar-refractivity contribution is 7.89. The standard InChI is InChI=1S/C14H21N3O2S/c1-17-7-5-11(10-17)9-16-20(18,19)13-2-3-14-12(8-13)4-6-15-14/h2-3,8,11,15-16H,4-7,9-10H2,1H3. The van der Waals surface area contributed by atoms with Gasteiger partial charge in [-0.25, -0.2) is 13.1 Å². The Hall–Kier alpha value is -1.11. The first-order valence-electron chi connectivity index (χ1n) is 7.09. The first-order valence-corrected chi connectivity index (χ1v) is 8.58. The van der Waals surface area contributed by atoms with Crippen molar-refractivity contribution in [1.82, 2.24) is 9.62 Å². The van der Waals surface area contributed by atoms with Crippen LogP contribution in [0.4, 0.5) is 5.69 Å². The van der Waals surface area contributed by atoms with Crippen LogP contribution < -0.4 is 10.0 Å². The summed E-state index contributed by atoms with van der Waals surface area (Å²) in [6.07, 6.45) is 1.96. The van der Waals surface area contributed by atoms with E-state index in [-0.39, 0.29) is 0 Å². The summed E-state index contributed by atoms with van der Waals surface area (Å²) in [5.41, 5.74) is 2.15. The molecular formula is C14H21N3O2S. The molecule has 0 amide bonds. The maximum atomic E-state index is 12.3. The fourth-order valence-corrected chi connectivity index (χ4v) is 4.12. The summed E-state index contributed by atoms with van der Waals surface area (Å²) in [6, 6.07) is 5.33. The number of nitrogens with zero attached hydrogens (tertiary/aromatic N) is 1. The lowest BCUT2D eigenvalue weighted by molar-refractivity contribution is 0.394. The Kier molecular flexibility index (Phi) is 3.70. The first kappa shape index (κ1) is 13.9. The highest BCUT2D eigenvalue weighted by atomic mass is 32.2. The Morgan fingerprint density at radius 1 is 1.45 bits per heavy atom. The lowest BCUT2D eigenvalue weighted by atomic mass is 10.1. The van der Waals surface area contributed by atoms with Gasteiger partial charge in [0.05, 0.1) is 4.90 Å². The van der Waals surface area contributed by atoms with E-state index in [1.165, 1.54) is 0 Å². The molecular weight excluding hydrogens is 274 g/mol. The Labute approximate surface area is 120 Å². The van der Waals surface area contributed by atoms with Gasteiger partial charge in [-0.3, -0.25) is 0 Å². The molecule has 0 saturated carbocycles. The molecule has 0 aromatic heterocycles. The molecule has 0 spiro atoms. The van der Waals surface area contributed by atoms with Crippen LogP contribution in [-0.4, -0.2) is 46.5 Å². The van der Waals surface area contributed by atoms with Crippen LogP contribution in [0.2, 0.25) is 0 Å². The van der Waals surface area contributed by atoms with E-state index >= 15 is 0 Å². The van der Waals surface area contributed by atoms with Crippen molar-refractivity contribution in [2.75, 3.05) is 38.5 Å². The second kappa shape index (κ2) is 5.35. The monoisotopic (exact) mass is 295 g/mol. The molecule has 2 N–H and O–H groups in total. The average Bonchev–Trinajstić information content (AvgIpc) is 3.04. The van der Waals surface area contributed by atoms with Gasteiger partial charge >= 0.3 is 0 Å². The largest absolute Gasteiger partial charge is 0.384 e. The molecule has 2 aliphatic heterocycles. The van der Waals surface area contributed by atoms with Gasteiger partial charge in [0.2, 0.25) is 10.0 Å². The van der Waals surface area contributed by atoms with Gasteiger partial charge in [-0.05, 0) is 56.1 Å². The minimum atomic E-state index is -3.38. The molecule has 5 nitrogen and oxygen atoms in total. The zero-order valence-electron chi connectivity index (χ0n) is 11.7. The van der Waals surface area contributed by atoms with Gasteiger partial charge in [-0.15, -0.1) is 0 Å². The van der Waals surface area contributed by atoms with Gasteiger partial charge in [0.15, 0.2) is 0 Å². The van der Waals surface area contributed by atoms with Crippen LogP contribution in [-0.2, 0) is 16.4 Å². The molecule has 1 aromatic rings. The SMILES string of the molecule is CN1CCC(CNS(=O)(=O)c2ccc3c(c2)CCN3)C1. The number of sulfonamides is 1. The maximum absolute atomic E-state index is 12.3. The highest BCUT2D eigenvalue weighted by Crippen LogP contribution is 2.25. The summed E-state index contributed by atoms with van der Waals surface area (Å²) < 4.78 is 27.4. The molecule has 2 aliphatic rings. The molecule has 1 unspecified atom stereocenters. The number of hydrogen-bond acceptors (Lipinski definition) is 4. The quantitative estimate of drug-likeness (QED) is 0.866. The minimum absolute atomic E-state index is 0.381. The summed E-state index contributed by atoms with van der Waals surface area (Å²) in [4.78, 5) is 2.62. The molecule has 20 heavy (non-hydrogen) atoms. The van der Waals surface area contributed by atoms with E-state index in [1.807, 2.05) is 6.07 Å². The van der Waals surface area contributed by atoms with E-state index < -0.39 is 10.0 Å². The van der Waals surface area contributed by atoms with Gasteiger partial charge < -0.3 is 10.2 Å². The van der Waals surface area contributed by atoms with Gasteiger partial charge in [0.1, 0.15) is 0 Å². The van der Waals surface area contributed by atoms with Gasteiger partial charge in [0, 0.05) is 25.3 Å². The zero-order valence-corrected chi connectivity index (χ0v) is 12.5. The molecule has 1 saturated heterocycles. The molecule has 0 bridgehead atoms. The van der Waals surface area contributed by atoms with Crippen LogP contribution in [0.25, 0.3) is 0 Å². The summed E-state index contributed by atoms with van der Waals surface area (Å²) in [5.74, 6) is 0.422. The molecule has 1 atom stereocenters. The predicted octanol–water partition coefficient (Wildman–Crippen LogP) is 0.885. The number of likely N-dealkylation sites (tertiary alicyclic amines) is 1. The first-order chi connectivity index (χ1) is 9.54. The molecule has 2 heterocycles. The van der Waals surface area contributed by atoms with Crippen LogP contribution in [0.5, 0.6) is 0 Å². The van der Waals surface area contributed by atoms with Crippen molar-refractivity contribution in [3.63, 3.8) is 0 Å². The van der Waals surface area contributed by atoms with E-state index in [9.17, 15) is 8.42 Å². The molecule has 0 aliphatic carbocycles. The highest BCUT2D eigenvalue weighted by Gasteiger charge is 2.23. The van der Waals surface area contributed by atoms with E-state index in [0.717, 1.165) is 43.7 Å². The van der Waals surface area contributed by atoms with E-state index in [4.69, 9.17) is 0 Å².